The number of piperazine rings is 1. The molecule has 6 rings (SSSR count). The summed E-state index contributed by atoms with van der Waals surface area (Å²) in [6, 6.07) is 3.21. The lowest BCUT2D eigenvalue weighted by atomic mass is 9.45. The summed E-state index contributed by atoms with van der Waals surface area (Å²) in [7, 11) is 0. The van der Waals surface area contributed by atoms with Crippen molar-refractivity contribution in [3.05, 3.63) is 46.0 Å². The third kappa shape index (κ3) is 3.91. The van der Waals surface area contributed by atoms with Crippen LogP contribution in [0.3, 0.4) is 0 Å². The first-order chi connectivity index (χ1) is 17.8. The molecule has 2 heterocycles. The molecule has 202 valence electrons. The van der Waals surface area contributed by atoms with Crippen LogP contribution in [0, 0.1) is 34.5 Å². The maximum atomic E-state index is 12.1. The van der Waals surface area contributed by atoms with E-state index < -0.39 is 6.09 Å². The highest BCUT2D eigenvalue weighted by Crippen LogP contribution is 2.67. The third-order valence-electron chi connectivity index (χ3n) is 11.7. The topological polar surface area (TPSA) is 103 Å². The predicted molar refractivity (Wildman–Crippen MR) is 140 cm³/mol. The van der Waals surface area contributed by atoms with Gasteiger partial charge in [-0.25, -0.2) is 9.59 Å². The van der Waals surface area contributed by atoms with E-state index in [1.54, 1.807) is 22.8 Å². The van der Waals surface area contributed by atoms with Gasteiger partial charge in [-0.2, -0.15) is 0 Å². The van der Waals surface area contributed by atoms with Crippen LogP contribution < -0.4 is 10.9 Å². The number of nitrogens with one attached hydrogen (secondary N) is 1. The van der Waals surface area contributed by atoms with E-state index in [1.165, 1.54) is 25.7 Å². The van der Waals surface area contributed by atoms with Crippen LogP contribution in [-0.4, -0.2) is 53.0 Å². The van der Waals surface area contributed by atoms with Crippen molar-refractivity contribution in [2.24, 2.45) is 34.5 Å². The molecule has 1 aromatic heterocycles. The number of nitrogens with zero attached hydrogens (tertiary/aromatic N) is 1. The van der Waals surface area contributed by atoms with Gasteiger partial charge in [-0.3, -0.25) is 0 Å². The standard InChI is InChI=1S/C30H42N2O5/c1-29-11-9-18(27-25(16-33)31-13-14-32(27)28(35)36)15-20(29)4-5-21-23-7-6-22(19-3-8-26(34)37-17-19)30(23,2)12-10-24(21)29/h3,7-8,17-18,20-22,24-25,27,31,33H,4-6,9-16H2,1-2H3,(H,35,36)/t18?,20-,21+,22-,24+,25-,27-,29+,30-/m1/s1. The van der Waals surface area contributed by atoms with Gasteiger partial charge in [-0.15, -0.1) is 0 Å². The SMILES string of the molecule is C[C@]12CCC([C@@H]3[C@@H](CO)NCCN3C(=O)O)C[C@H]1CC[C@H]1C3=CC[C@H](c4ccc(=O)oc4)[C@@]3(C)CC[C@@H]12. The molecule has 4 aliphatic carbocycles. The van der Waals surface area contributed by atoms with Crippen LogP contribution in [0.25, 0.3) is 0 Å². The molecule has 3 N–H and O–H groups in total. The molecule has 1 amide bonds. The van der Waals surface area contributed by atoms with Crippen molar-refractivity contribution in [2.45, 2.75) is 83.2 Å². The Morgan fingerprint density at radius 3 is 2.76 bits per heavy atom. The second-order valence-electron chi connectivity index (χ2n) is 13.0. The molecular weight excluding hydrogens is 468 g/mol. The number of aliphatic hydroxyl groups excluding tert-OH is 1. The van der Waals surface area contributed by atoms with E-state index in [1.807, 2.05) is 6.07 Å². The quantitative estimate of drug-likeness (QED) is 0.513. The molecule has 9 atom stereocenters. The van der Waals surface area contributed by atoms with E-state index in [2.05, 4.69) is 25.2 Å². The zero-order chi connectivity index (χ0) is 25.9. The fourth-order valence-electron chi connectivity index (χ4n) is 9.84. The van der Waals surface area contributed by atoms with Crippen molar-refractivity contribution < 1.29 is 19.4 Å². The van der Waals surface area contributed by atoms with Crippen LogP contribution in [-0.2, 0) is 0 Å². The minimum Gasteiger partial charge on any atom is -0.465 e. The molecule has 3 saturated carbocycles. The van der Waals surface area contributed by atoms with Crippen molar-refractivity contribution >= 4 is 6.09 Å². The molecule has 1 saturated heterocycles. The highest BCUT2D eigenvalue weighted by atomic mass is 16.4. The Bertz CT molecular complexity index is 1110. The van der Waals surface area contributed by atoms with Crippen LogP contribution >= 0.6 is 0 Å². The van der Waals surface area contributed by atoms with Gasteiger partial charge in [-0.1, -0.05) is 25.5 Å². The largest absolute Gasteiger partial charge is 0.465 e. The second-order valence-corrected chi connectivity index (χ2v) is 13.0. The smallest absolute Gasteiger partial charge is 0.407 e. The van der Waals surface area contributed by atoms with Gasteiger partial charge in [0.2, 0.25) is 0 Å². The molecule has 1 aliphatic heterocycles. The average molecular weight is 511 g/mol. The van der Waals surface area contributed by atoms with Crippen molar-refractivity contribution in [1.29, 1.82) is 0 Å². The van der Waals surface area contributed by atoms with Gasteiger partial charge in [0.1, 0.15) is 0 Å². The monoisotopic (exact) mass is 510 g/mol. The summed E-state index contributed by atoms with van der Waals surface area (Å²) >= 11 is 0. The molecule has 37 heavy (non-hydrogen) atoms. The van der Waals surface area contributed by atoms with Gasteiger partial charge in [0.15, 0.2) is 0 Å². The number of rotatable bonds is 3. The highest BCUT2D eigenvalue weighted by Gasteiger charge is 2.58. The highest BCUT2D eigenvalue weighted by molar-refractivity contribution is 5.66. The average Bonchev–Trinajstić information content (AvgIpc) is 3.25. The van der Waals surface area contributed by atoms with Crippen LogP contribution in [0.4, 0.5) is 4.79 Å². The van der Waals surface area contributed by atoms with Crippen LogP contribution in [0.5, 0.6) is 0 Å². The molecule has 1 aromatic rings. The van der Waals surface area contributed by atoms with Gasteiger partial charge in [0, 0.05) is 19.2 Å². The number of allylic oxidation sites excluding steroid dienone is 2. The predicted octanol–water partition coefficient (Wildman–Crippen LogP) is 4.62. The van der Waals surface area contributed by atoms with Gasteiger partial charge < -0.3 is 24.8 Å². The number of aliphatic hydroxyl groups is 1. The minimum absolute atomic E-state index is 0.0176. The van der Waals surface area contributed by atoms with Gasteiger partial charge >= 0.3 is 11.7 Å². The summed E-state index contributed by atoms with van der Waals surface area (Å²) in [6.45, 7) is 6.06. The van der Waals surface area contributed by atoms with E-state index in [0.29, 0.717) is 42.7 Å². The fraction of sp³-hybridized carbons (Fsp3) is 0.733. The number of hydrogen-bond acceptors (Lipinski definition) is 5. The summed E-state index contributed by atoms with van der Waals surface area (Å²) in [4.78, 5) is 25.2. The number of amides is 1. The number of hydrogen-bond donors (Lipinski definition) is 3. The first kappa shape index (κ1) is 25.2. The zero-order valence-corrected chi connectivity index (χ0v) is 22.2. The Morgan fingerprint density at radius 1 is 1.19 bits per heavy atom. The molecule has 5 aliphatic rings. The Labute approximate surface area is 219 Å². The van der Waals surface area contributed by atoms with Gasteiger partial charge in [0.25, 0.3) is 0 Å². The van der Waals surface area contributed by atoms with Gasteiger partial charge in [-0.05, 0) is 103 Å². The van der Waals surface area contributed by atoms with Crippen molar-refractivity contribution in [2.75, 3.05) is 19.7 Å². The summed E-state index contributed by atoms with van der Waals surface area (Å²) in [5.41, 5.74) is 2.92. The number of fused-ring (bicyclic) bond motifs is 5. The molecule has 7 heteroatoms. The summed E-state index contributed by atoms with van der Waals surface area (Å²) < 4.78 is 5.25. The minimum atomic E-state index is -0.853. The summed E-state index contributed by atoms with van der Waals surface area (Å²) in [5, 5.41) is 23.3. The van der Waals surface area contributed by atoms with E-state index in [-0.39, 0.29) is 35.1 Å². The number of carboxylic acid groups (broad SMARTS) is 1. The van der Waals surface area contributed by atoms with Crippen LogP contribution in [0.15, 0.2) is 39.3 Å². The molecule has 0 bridgehead atoms. The molecule has 7 nitrogen and oxygen atoms in total. The van der Waals surface area contributed by atoms with Crippen LogP contribution in [0.2, 0.25) is 0 Å². The van der Waals surface area contributed by atoms with Crippen molar-refractivity contribution in [3.8, 4) is 0 Å². The Balaban J connectivity index is 1.21. The maximum absolute atomic E-state index is 12.1. The lowest BCUT2D eigenvalue weighted by Gasteiger charge is -2.61. The van der Waals surface area contributed by atoms with Crippen LogP contribution in [0.1, 0.15) is 76.7 Å². The maximum Gasteiger partial charge on any atom is 0.407 e. The first-order valence-corrected chi connectivity index (χ1v) is 14.4. The lowest BCUT2D eigenvalue weighted by molar-refractivity contribution is -0.0806. The molecule has 1 unspecified atom stereocenters. The van der Waals surface area contributed by atoms with Crippen molar-refractivity contribution in [1.82, 2.24) is 10.2 Å². The Kier molecular flexibility index (Phi) is 6.30. The van der Waals surface area contributed by atoms with E-state index in [9.17, 15) is 19.8 Å². The molecular formula is C30H42N2O5. The second kappa shape index (κ2) is 9.26. The molecule has 0 aromatic carbocycles. The summed E-state index contributed by atoms with van der Waals surface area (Å²) in [5.74, 6) is 2.58. The molecule has 4 fully saturated rings. The Hall–Kier alpha value is -2.12. The lowest BCUT2D eigenvalue weighted by Crippen LogP contribution is -2.64. The Morgan fingerprint density at radius 2 is 2.03 bits per heavy atom. The molecule has 0 radical (unpaired) electrons. The molecule has 0 spiro atoms. The van der Waals surface area contributed by atoms with Gasteiger partial charge in [0.05, 0.1) is 25.0 Å². The van der Waals surface area contributed by atoms with E-state index in [0.717, 1.165) is 31.2 Å². The first-order valence-electron chi connectivity index (χ1n) is 14.4. The third-order valence-corrected chi connectivity index (χ3v) is 11.7. The van der Waals surface area contributed by atoms with Crippen molar-refractivity contribution in [3.63, 3.8) is 0 Å². The number of carbonyl (C=O) groups is 1. The fourth-order valence-corrected chi connectivity index (χ4v) is 9.84. The summed E-state index contributed by atoms with van der Waals surface area (Å²) in [6.07, 6.45) is 12.4. The zero-order valence-electron chi connectivity index (χ0n) is 22.2. The normalized spacial score (nSPS) is 43.4. The van der Waals surface area contributed by atoms with E-state index >= 15 is 0 Å². The van der Waals surface area contributed by atoms with E-state index in [4.69, 9.17) is 4.42 Å².